The van der Waals surface area contributed by atoms with Crippen LogP contribution in [0.2, 0.25) is 26.2 Å². The van der Waals surface area contributed by atoms with E-state index in [1.165, 1.54) is 44.3 Å². The normalized spacial score (nSPS) is 40.1. The van der Waals surface area contributed by atoms with E-state index in [4.69, 9.17) is 8.85 Å². The summed E-state index contributed by atoms with van der Waals surface area (Å²) in [5, 5.41) is 0. The summed E-state index contributed by atoms with van der Waals surface area (Å²) in [7, 11) is -3.54. The molecular weight excluding hydrogens is 412 g/mol. The number of hydrogen-bond acceptors (Lipinski definition) is 2. The minimum Gasteiger partial charge on any atom is -0.543 e. The molecule has 0 aliphatic heterocycles. The number of hydrogen-bond donors (Lipinski definition) is 0. The van der Waals surface area contributed by atoms with Crippen molar-refractivity contribution in [1.29, 1.82) is 0 Å². The van der Waals surface area contributed by atoms with E-state index in [1.807, 2.05) is 0 Å². The molecular formula is C27H44O2Si2. The van der Waals surface area contributed by atoms with Crippen molar-refractivity contribution in [3.63, 3.8) is 0 Å². The second kappa shape index (κ2) is 7.88. The first-order chi connectivity index (χ1) is 14.4. The Labute approximate surface area is 193 Å². The third-order valence-corrected chi connectivity index (χ3v) is 13.0. The molecule has 0 spiro atoms. The third kappa shape index (κ3) is 4.02. The highest BCUT2D eigenvalue weighted by atomic mass is 28.4. The second-order valence-electron chi connectivity index (χ2n) is 12.2. The summed E-state index contributed by atoms with van der Waals surface area (Å²) < 4.78 is 13.2. The number of allylic oxidation sites excluding steroid dienone is 3. The molecule has 4 aliphatic carbocycles. The van der Waals surface area contributed by atoms with Crippen LogP contribution in [0.5, 0.6) is 0 Å². The Kier molecular flexibility index (Phi) is 5.93. The maximum atomic E-state index is 6.65. The van der Waals surface area contributed by atoms with Crippen LogP contribution in [0.3, 0.4) is 0 Å². The average molecular weight is 457 g/mol. The molecule has 0 heterocycles. The quantitative estimate of drug-likeness (QED) is 0.301. The topological polar surface area (TPSA) is 18.5 Å². The molecule has 4 rings (SSSR count). The van der Waals surface area contributed by atoms with Gasteiger partial charge in [0.25, 0.3) is 8.32 Å². The van der Waals surface area contributed by atoms with Crippen molar-refractivity contribution in [1.82, 2.24) is 0 Å². The molecule has 4 heteroatoms. The highest BCUT2D eigenvalue weighted by Crippen LogP contribution is 2.65. The summed E-state index contributed by atoms with van der Waals surface area (Å²) >= 11 is 0. The molecule has 0 aromatic heterocycles. The van der Waals surface area contributed by atoms with Gasteiger partial charge in [0.05, 0.1) is 5.76 Å². The first-order valence-corrected chi connectivity index (χ1v) is 18.5. The van der Waals surface area contributed by atoms with E-state index >= 15 is 0 Å². The van der Waals surface area contributed by atoms with Crippen LogP contribution in [0.4, 0.5) is 0 Å². The van der Waals surface area contributed by atoms with Crippen molar-refractivity contribution in [3.8, 4) is 0 Å². The van der Waals surface area contributed by atoms with E-state index in [9.17, 15) is 0 Å². The van der Waals surface area contributed by atoms with Crippen LogP contribution in [0.1, 0.15) is 58.8 Å². The fourth-order valence-corrected chi connectivity index (χ4v) is 9.34. The molecule has 3 unspecified atom stereocenters. The molecule has 2 fully saturated rings. The summed E-state index contributed by atoms with van der Waals surface area (Å²) in [6.07, 6.45) is 14.1. The molecule has 0 amide bonds. The largest absolute Gasteiger partial charge is 0.543 e. The van der Waals surface area contributed by atoms with Gasteiger partial charge in [-0.1, -0.05) is 36.9 Å². The van der Waals surface area contributed by atoms with E-state index in [-0.39, 0.29) is 5.41 Å². The van der Waals surface area contributed by atoms with Gasteiger partial charge in [0.15, 0.2) is 0 Å². The third-order valence-electron chi connectivity index (χ3n) is 9.39. The van der Waals surface area contributed by atoms with Crippen molar-refractivity contribution in [2.24, 2.45) is 28.6 Å². The monoisotopic (exact) mass is 456 g/mol. The van der Waals surface area contributed by atoms with E-state index in [0.717, 1.165) is 24.2 Å². The van der Waals surface area contributed by atoms with Crippen molar-refractivity contribution >= 4 is 16.6 Å². The van der Waals surface area contributed by atoms with E-state index in [0.29, 0.717) is 11.5 Å². The lowest BCUT2D eigenvalue weighted by molar-refractivity contribution is -0.0364. The molecule has 2 saturated carbocycles. The smallest absolute Gasteiger partial charge is 0.268 e. The minimum atomic E-state index is -1.82. The maximum absolute atomic E-state index is 6.65. The summed E-state index contributed by atoms with van der Waals surface area (Å²) in [6, 6.07) is 0. The van der Waals surface area contributed by atoms with E-state index in [2.05, 4.69) is 76.7 Å². The Morgan fingerprint density at radius 3 is 2.26 bits per heavy atom. The Bertz CT molecular complexity index is 810. The summed E-state index contributed by atoms with van der Waals surface area (Å²) in [5.74, 6) is 3.62. The van der Waals surface area contributed by atoms with Crippen LogP contribution in [0, 0.1) is 28.6 Å². The van der Waals surface area contributed by atoms with Gasteiger partial charge in [-0.05, 0) is 100 Å². The van der Waals surface area contributed by atoms with Gasteiger partial charge in [0.2, 0.25) is 8.32 Å². The Hall–Kier alpha value is -0.846. The van der Waals surface area contributed by atoms with Crippen LogP contribution in [-0.4, -0.2) is 22.7 Å². The molecule has 0 N–H and O–H groups in total. The standard InChI is InChI=1S/C27H44O2Si2/c1-9-30(5,6)28-21-15-17-26(3)20(19-21)11-12-22-23-13-14-25(29-31(7,8)10-2)27(23,4)18-16-24(22)26/h9-11,14,21-24H,1-2,12-13,15-19H2,3-8H3/t21-,22?,23?,24?,26-,27-/m0/s1. The predicted molar refractivity (Wildman–Crippen MR) is 136 cm³/mol. The maximum Gasteiger partial charge on any atom is 0.268 e. The molecule has 0 bridgehead atoms. The van der Waals surface area contributed by atoms with Gasteiger partial charge in [-0.3, -0.25) is 0 Å². The van der Waals surface area contributed by atoms with Gasteiger partial charge in [-0.15, -0.1) is 13.2 Å². The Morgan fingerprint density at radius 2 is 1.58 bits per heavy atom. The fourth-order valence-electron chi connectivity index (χ4n) is 7.22. The summed E-state index contributed by atoms with van der Waals surface area (Å²) in [6.45, 7) is 22.2. The molecule has 31 heavy (non-hydrogen) atoms. The summed E-state index contributed by atoms with van der Waals surface area (Å²) in [4.78, 5) is 0. The zero-order valence-corrected chi connectivity index (χ0v) is 22.8. The zero-order chi connectivity index (χ0) is 22.7. The van der Waals surface area contributed by atoms with Crippen molar-refractivity contribution in [3.05, 3.63) is 48.0 Å². The highest BCUT2D eigenvalue weighted by molar-refractivity contribution is 6.76. The lowest BCUT2D eigenvalue weighted by Crippen LogP contribution is -2.51. The zero-order valence-electron chi connectivity index (χ0n) is 20.8. The molecule has 6 atom stereocenters. The van der Waals surface area contributed by atoms with E-state index < -0.39 is 16.6 Å². The van der Waals surface area contributed by atoms with E-state index in [1.54, 1.807) is 5.57 Å². The van der Waals surface area contributed by atoms with Gasteiger partial charge in [-0.25, -0.2) is 0 Å². The van der Waals surface area contributed by atoms with Crippen LogP contribution >= 0.6 is 0 Å². The SMILES string of the molecule is C=C[Si](C)(C)OC1=CCC2C3CC=C4C[C@@H](O[Si](C)(C)C=C)CC[C@]4(C)C3CC[C@]12C. The van der Waals surface area contributed by atoms with Crippen LogP contribution in [0.25, 0.3) is 0 Å². The second-order valence-corrected chi connectivity index (χ2v) is 19.9. The highest BCUT2D eigenvalue weighted by Gasteiger charge is 2.57. The fraction of sp³-hybridized carbons (Fsp3) is 0.704. The van der Waals surface area contributed by atoms with Crippen LogP contribution < -0.4 is 0 Å². The van der Waals surface area contributed by atoms with Gasteiger partial charge < -0.3 is 8.85 Å². The first kappa shape index (κ1) is 23.3. The lowest BCUT2D eigenvalue weighted by Gasteiger charge is -2.58. The number of rotatable bonds is 6. The Balaban J connectivity index is 1.52. The lowest BCUT2D eigenvalue weighted by atomic mass is 9.48. The number of fused-ring (bicyclic) bond motifs is 5. The molecule has 172 valence electrons. The average Bonchev–Trinajstić information content (AvgIpc) is 3.04. The summed E-state index contributed by atoms with van der Waals surface area (Å²) in [5.41, 5.74) is 6.44. The molecule has 0 aromatic carbocycles. The van der Waals surface area contributed by atoms with Crippen LogP contribution in [-0.2, 0) is 8.85 Å². The first-order valence-electron chi connectivity index (χ1n) is 12.5. The van der Waals surface area contributed by atoms with Crippen molar-refractivity contribution in [2.75, 3.05) is 0 Å². The molecule has 2 nitrogen and oxygen atoms in total. The molecule has 4 aliphatic rings. The van der Waals surface area contributed by atoms with Gasteiger partial charge in [-0.2, -0.15) is 0 Å². The molecule has 0 aromatic rings. The van der Waals surface area contributed by atoms with Gasteiger partial charge >= 0.3 is 0 Å². The minimum absolute atomic E-state index is 0.218. The van der Waals surface area contributed by atoms with Crippen molar-refractivity contribution < 1.29 is 8.85 Å². The van der Waals surface area contributed by atoms with Gasteiger partial charge in [0.1, 0.15) is 0 Å². The molecule has 0 saturated heterocycles. The van der Waals surface area contributed by atoms with Crippen molar-refractivity contribution in [2.45, 2.75) is 91.1 Å². The predicted octanol–water partition coefficient (Wildman–Crippen LogP) is 7.71. The van der Waals surface area contributed by atoms with Gasteiger partial charge in [0, 0.05) is 11.5 Å². The molecule has 0 radical (unpaired) electrons. The van der Waals surface area contributed by atoms with Crippen LogP contribution in [0.15, 0.2) is 48.0 Å². The Morgan fingerprint density at radius 1 is 0.903 bits per heavy atom.